The number of aliphatic carboxylic acids is 1. The zero-order valence-electron chi connectivity index (χ0n) is 10.5. The first-order valence-electron chi connectivity index (χ1n) is 5.36. The summed E-state index contributed by atoms with van der Waals surface area (Å²) in [4.78, 5) is 24.0. The summed E-state index contributed by atoms with van der Waals surface area (Å²) in [6, 6.07) is 0. The number of likely N-dealkylation sites (N-methyl/N-ethyl adjacent to an activating group) is 1. The molecule has 0 radical (unpaired) electrons. The number of carbonyl (C=O) groups excluding carboxylic acids is 1. The average molecular weight is 230 g/mol. The Morgan fingerprint density at radius 1 is 1.25 bits per heavy atom. The van der Waals surface area contributed by atoms with Crippen LogP contribution in [0.2, 0.25) is 0 Å². The van der Waals surface area contributed by atoms with Crippen molar-refractivity contribution in [3.63, 3.8) is 0 Å². The summed E-state index contributed by atoms with van der Waals surface area (Å²) in [5.41, 5.74) is -0.492. The second-order valence-electron chi connectivity index (χ2n) is 5.06. The number of nitrogens with zero attached hydrogens (tertiary/aromatic N) is 1. The first-order chi connectivity index (χ1) is 7.23. The van der Waals surface area contributed by atoms with Gasteiger partial charge in [0.1, 0.15) is 0 Å². The van der Waals surface area contributed by atoms with Crippen LogP contribution in [0, 0.1) is 5.41 Å². The van der Waals surface area contributed by atoms with Crippen molar-refractivity contribution in [2.45, 2.75) is 26.7 Å². The van der Waals surface area contributed by atoms with Gasteiger partial charge in [-0.2, -0.15) is 0 Å². The predicted octanol–water partition coefficient (Wildman–Crippen LogP) is 0.555. The molecule has 5 nitrogen and oxygen atoms in total. The molecule has 0 heterocycles. The van der Waals surface area contributed by atoms with Gasteiger partial charge in [-0.05, 0) is 19.5 Å². The number of nitrogens with one attached hydrogen (secondary N) is 1. The quantitative estimate of drug-likeness (QED) is 0.670. The highest BCUT2D eigenvalue weighted by molar-refractivity contribution is 5.77. The van der Waals surface area contributed by atoms with E-state index in [-0.39, 0.29) is 18.7 Å². The van der Waals surface area contributed by atoms with Crippen molar-refractivity contribution < 1.29 is 14.7 Å². The van der Waals surface area contributed by atoms with Gasteiger partial charge in [0.2, 0.25) is 5.91 Å². The van der Waals surface area contributed by atoms with Crippen LogP contribution >= 0.6 is 0 Å². The lowest BCUT2D eigenvalue weighted by atomic mass is 9.85. The molecule has 0 aliphatic heterocycles. The topological polar surface area (TPSA) is 69.6 Å². The molecule has 0 saturated carbocycles. The highest BCUT2D eigenvalue weighted by Gasteiger charge is 2.24. The van der Waals surface area contributed by atoms with Crippen LogP contribution < -0.4 is 5.32 Å². The van der Waals surface area contributed by atoms with E-state index in [1.54, 1.807) is 13.8 Å². The fourth-order valence-corrected chi connectivity index (χ4v) is 1.39. The Balaban J connectivity index is 3.89. The number of amides is 1. The second-order valence-corrected chi connectivity index (χ2v) is 5.06. The lowest BCUT2D eigenvalue weighted by Crippen LogP contribution is -2.34. The van der Waals surface area contributed by atoms with Crippen molar-refractivity contribution in [3.8, 4) is 0 Å². The summed E-state index contributed by atoms with van der Waals surface area (Å²) in [7, 11) is 3.86. The molecule has 0 aliphatic rings. The zero-order valence-corrected chi connectivity index (χ0v) is 10.5. The molecule has 0 bridgehead atoms. The summed E-state index contributed by atoms with van der Waals surface area (Å²) >= 11 is 0. The van der Waals surface area contributed by atoms with Crippen LogP contribution in [0.1, 0.15) is 26.7 Å². The molecule has 0 aromatic rings. The Morgan fingerprint density at radius 3 is 2.25 bits per heavy atom. The van der Waals surface area contributed by atoms with Crippen molar-refractivity contribution in [3.05, 3.63) is 0 Å². The number of carboxylic acid groups (broad SMARTS) is 1. The van der Waals surface area contributed by atoms with Gasteiger partial charge in [0, 0.05) is 19.5 Å². The van der Waals surface area contributed by atoms with Gasteiger partial charge in [0.15, 0.2) is 0 Å². The van der Waals surface area contributed by atoms with Crippen molar-refractivity contribution in [1.29, 1.82) is 0 Å². The van der Waals surface area contributed by atoms with Crippen molar-refractivity contribution in [2.24, 2.45) is 5.41 Å². The monoisotopic (exact) mass is 230 g/mol. The molecule has 0 fully saturated rings. The molecule has 0 unspecified atom stereocenters. The minimum absolute atomic E-state index is 0.00804. The summed E-state index contributed by atoms with van der Waals surface area (Å²) in [5.74, 6) is -0.959. The fourth-order valence-electron chi connectivity index (χ4n) is 1.39. The molecule has 0 rings (SSSR count). The molecule has 0 saturated heterocycles. The largest absolute Gasteiger partial charge is 0.481 e. The van der Waals surface area contributed by atoms with E-state index < -0.39 is 11.4 Å². The number of rotatable bonds is 7. The molecule has 94 valence electrons. The van der Waals surface area contributed by atoms with Crippen molar-refractivity contribution in [1.82, 2.24) is 10.2 Å². The molecule has 0 aliphatic carbocycles. The van der Waals surface area contributed by atoms with Crippen molar-refractivity contribution in [2.75, 3.05) is 27.2 Å². The van der Waals surface area contributed by atoms with E-state index in [1.807, 2.05) is 19.0 Å². The Kier molecular flexibility index (Phi) is 6.03. The Hall–Kier alpha value is -1.10. The van der Waals surface area contributed by atoms with Crippen LogP contribution in [0.5, 0.6) is 0 Å². The smallest absolute Gasteiger partial charge is 0.303 e. The summed E-state index contributed by atoms with van der Waals surface area (Å²) in [5, 5.41) is 11.4. The highest BCUT2D eigenvalue weighted by Crippen LogP contribution is 2.24. The predicted molar refractivity (Wildman–Crippen MR) is 62.2 cm³/mol. The molecule has 5 heteroatoms. The maximum atomic E-state index is 11.5. The van der Waals surface area contributed by atoms with E-state index in [2.05, 4.69) is 5.32 Å². The molecule has 0 aromatic heterocycles. The molecular formula is C11H22N2O3. The lowest BCUT2D eigenvalue weighted by molar-refractivity contribution is -0.139. The van der Waals surface area contributed by atoms with Gasteiger partial charge in [-0.25, -0.2) is 0 Å². The number of hydrogen-bond acceptors (Lipinski definition) is 3. The van der Waals surface area contributed by atoms with Gasteiger partial charge in [0.05, 0.1) is 6.42 Å². The third-order valence-electron chi connectivity index (χ3n) is 2.15. The van der Waals surface area contributed by atoms with Gasteiger partial charge in [-0.1, -0.05) is 13.8 Å². The SMILES string of the molecule is CN(C)CCNC(=O)CC(C)(C)CC(=O)O. The minimum Gasteiger partial charge on any atom is -0.481 e. The molecule has 1 amide bonds. The Morgan fingerprint density at radius 2 is 1.81 bits per heavy atom. The Labute approximate surface area is 96.8 Å². The second kappa shape index (κ2) is 6.48. The van der Waals surface area contributed by atoms with Gasteiger partial charge < -0.3 is 15.3 Å². The standard InChI is InChI=1S/C11H22N2O3/c1-11(2,8-10(15)16)7-9(14)12-5-6-13(3)4/h5-8H2,1-4H3,(H,12,14)(H,15,16). The number of hydrogen-bond donors (Lipinski definition) is 2. The number of carboxylic acids is 1. The Bertz CT molecular complexity index is 250. The van der Waals surface area contributed by atoms with Crippen LogP contribution in [0.25, 0.3) is 0 Å². The van der Waals surface area contributed by atoms with Crippen LogP contribution in [-0.2, 0) is 9.59 Å². The number of carbonyl (C=O) groups is 2. The molecule has 0 spiro atoms. The summed E-state index contributed by atoms with van der Waals surface area (Å²) < 4.78 is 0. The van der Waals surface area contributed by atoms with Crippen LogP contribution in [0.3, 0.4) is 0 Å². The lowest BCUT2D eigenvalue weighted by Gasteiger charge is -2.21. The van der Waals surface area contributed by atoms with E-state index in [0.29, 0.717) is 6.54 Å². The van der Waals surface area contributed by atoms with Crippen LogP contribution in [0.15, 0.2) is 0 Å². The molecule has 16 heavy (non-hydrogen) atoms. The van der Waals surface area contributed by atoms with Gasteiger partial charge in [-0.15, -0.1) is 0 Å². The third kappa shape index (κ3) is 8.23. The van der Waals surface area contributed by atoms with E-state index in [9.17, 15) is 9.59 Å². The molecular weight excluding hydrogens is 208 g/mol. The molecule has 2 N–H and O–H groups in total. The summed E-state index contributed by atoms with van der Waals surface area (Å²) in [6.07, 6.45) is 0.251. The first kappa shape index (κ1) is 14.9. The highest BCUT2D eigenvalue weighted by atomic mass is 16.4. The molecule has 0 aromatic carbocycles. The normalized spacial score (nSPS) is 11.6. The van der Waals surface area contributed by atoms with Gasteiger partial charge >= 0.3 is 5.97 Å². The zero-order chi connectivity index (χ0) is 12.8. The third-order valence-corrected chi connectivity index (χ3v) is 2.15. The first-order valence-corrected chi connectivity index (χ1v) is 5.36. The fraction of sp³-hybridized carbons (Fsp3) is 0.818. The summed E-state index contributed by atoms with van der Waals surface area (Å²) in [6.45, 7) is 4.94. The average Bonchev–Trinajstić information content (AvgIpc) is 1.98. The van der Waals surface area contributed by atoms with E-state index >= 15 is 0 Å². The van der Waals surface area contributed by atoms with E-state index in [4.69, 9.17) is 5.11 Å². The van der Waals surface area contributed by atoms with Crippen LogP contribution in [0.4, 0.5) is 0 Å². The van der Waals surface area contributed by atoms with E-state index in [1.165, 1.54) is 0 Å². The van der Waals surface area contributed by atoms with Crippen LogP contribution in [-0.4, -0.2) is 49.1 Å². The maximum absolute atomic E-state index is 11.5. The van der Waals surface area contributed by atoms with Gasteiger partial charge in [-0.3, -0.25) is 9.59 Å². The van der Waals surface area contributed by atoms with Gasteiger partial charge in [0.25, 0.3) is 0 Å². The van der Waals surface area contributed by atoms with E-state index in [0.717, 1.165) is 6.54 Å². The minimum atomic E-state index is -0.869. The van der Waals surface area contributed by atoms with Crippen molar-refractivity contribution >= 4 is 11.9 Å². The maximum Gasteiger partial charge on any atom is 0.303 e. The molecule has 0 atom stereocenters.